The van der Waals surface area contributed by atoms with Crippen molar-refractivity contribution in [3.63, 3.8) is 0 Å². The number of Topliss-reactive ketones (excluding diaryl/α,β-unsaturated/α-hetero) is 1. The van der Waals surface area contributed by atoms with Crippen molar-refractivity contribution >= 4 is 15.9 Å². The molecule has 2 heterocycles. The summed E-state index contributed by atoms with van der Waals surface area (Å²) in [6.07, 6.45) is -5.26. The molecule has 2 aromatic carbocycles. The lowest BCUT2D eigenvalue weighted by molar-refractivity contribution is -0.311. The SMILES string of the molecule is CO[C@@H]1O[C@@H]2CO[C@H](c3ccccc3)O[C@@H]2C(=O)[C@H]1OS(=O)(=O)c1ccc(C)cc1. The third-order valence-electron chi connectivity index (χ3n) is 4.98. The molecule has 30 heavy (non-hydrogen) atoms. The van der Waals surface area contributed by atoms with Gasteiger partial charge >= 0.3 is 0 Å². The maximum Gasteiger partial charge on any atom is 0.297 e. The molecular weight excluding hydrogens is 412 g/mol. The molecule has 4 rings (SSSR count). The molecule has 5 atom stereocenters. The second-order valence-corrected chi connectivity index (χ2v) is 8.67. The quantitative estimate of drug-likeness (QED) is 0.660. The van der Waals surface area contributed by atoms with Crippen LogP contribution < -0.4 is 0 Å². The normalized spacial score (nSPS) is 29.4. The molecule has 2 aliphatic rings. The van der Waals surface area contributed by atoms with E-state index in [-0.39, 0.29) is 11.5 Å². The van der Waals surface area contributed by atoms with Gasteiger partial charge in [0, 0.05) is 12.7 Å². The number of ketones is 1. The molecule has 0 saturated carbocycles. The van der Waals surface area contributed by atoms with E-state index < -0.39 is 46.8 Å². The minimum Gasteiger partial charge on any atom is -0.353 e. The van der Waals surface area contributed by atoms with Crippen molar-refractivity contribution < 1.29 is 36.3 Å². The molecule has 0 N–H and O–H groups in total. The highest BCUT2D eigenvalue weighted by Crippen LogP contribution is 2.34. The Labute approximate surface area is 174 Å². The van der Waals surface area contributed by atoms with Gasteiger partial charge in [0.2, 0.25) is 0 Å². The summed E-state index contributed by atoms with van der Waals surface area (Å²) in [5.41, 5.74) is 1.63. The summed E-state index contributed by atoms with van der Waals surface area (Å²) in [5.74, 6) is -0.571. The van der Waals surface area contributed by atoms with Crippen LogP contribution in [0.25, 0.3) is 0 Å². The standard InChI is InChI=1S/C21H22O8S/c1-13-8-10-15(11-9-13)30(23,24)29-19-17(22)18-16(27-21(19)25-2)12-26-20(28-18)14-6-4-3-5-7-14/h3-11,16,18-21H,12H2,1-2H3/t16-,18+,19-,20+,21-/m1/s1. The predicted octanol–water partition coefficient (Wildman–Crippen LogP) is 2.12. The van der Waals surface area contributed by atoms with Crippen LogP contribution in [0.3, 0.4) is 0 Å². The first-order valence-corrected chi connectivity index (χ1v) is 10.8. The van der Waals surface area contributed by atoms with Crippen LogP contribution in [0.15, 0.2) is 59.5 Å². The number of carbonyl (C=O) groups excluding carboxylic acids is 1. The maximum absolute atomic E-state index is 13.1. The number of hydrogen-bond donors (Lipinski definition) is 0. The van der Waals surface area contributed by atoms with Crippen LogP contribution in [-0.4, -0.2) is 52.5 Å². The van der Waals surface area contributed by atoms with Crippen LogP contribution in [0.5, 0.6) is 0 Å². The van der Waals surface area contributed by atoms with E-state index in [1.807, 2.05) is 37.3 Å². The molecule has 8 nitrogen and oxygen atoms in total. The van der Waals surface area contributed by atoms with Gasteiger partial charge in [-0.05, 0) is 19.1 Å². The number of benzene rings is 2. The van der Waals surface area contributed by atoms with Gasteiger partial charge in [-0.1, -0.05) is 48.0 Å². The lowest BCUT2D eigenvalue weighted by Gasteiger charge is -2.42. The van der Waals surface area contributed by atoms with E-state index in [1.165, 1.54) is 19.2 Å². The molecular formula is C21H22O8S. The van der Waals surface area contributed by atoms with Gasteiger partial charge in [0.05, 0.1) is 11.5 Å². The Bertz CT molecular complexity index is 989. The van der Waals surface area contributed by atoms with Gasteiger partial charge in [0.15, 0.2) is 30.6 Å². The number of methoxy groups -OCH3 is 1. The van der Waals surface area contributed by atoms with Gasteiger partial charge in [0.1, 0.15) is 6.10 Å². The van der Waals surface area contributed by atoms with Crippen molar-refractivity contribution in [3.05, 3.63) is 65.7 Å². The number of ether oxygens (including phenoxy) is 4. The lowest BCUT2D eigenvalue weighted by Crippen LogP contribution is -2.60. The van der Waals surface area contributed by atoms with Crippen molar-refractivity contribution in [3.8, 4) is 0 Å². The van der Waals surface area contributed by atoms with Crippen LogP contribution >= 0.6 is 0 Å². The largest absolute Gasteiger partial charge is 0.353 e. The zero-order valence-corrected chi connectivity index (χ0v) is 17.3. The maximum atomic E-state index is 13.1. The van der Waals surface area contributed by atoms with Gasteiger partial charge < -0.3 is 18.9 Å². The molecule has 2 aliphatic heterocycles. The van der Waals surface area contributed by atoms with Crippen molar-refractivity contribution in [1.82, 2.24) is 0 Å². The first-order chi connectivity index (χ1) is 14.4. The smallest absolute Gasteiger partial charge is 0.297 e. The van der Waals surface area contributed by atoms with E-state index in [4.69, 9.17) is 23.1 Å². The van der Waals surface area contributed by atoms with Crippen molar-refractivity contribution in [2.75, 3.05) is 13.7 Å². The summed E-state index contributed by atoms with van der Waals surface area (Å²) in [5, 5.41) is 0. The Morgan fingerprint density at radius 1 is 1.00 bits per heavy atom. The molecule has 0 unspecified atom stereocenters. The van der Waals surface area contributed by atoms with E-state index in [2.05, 4.69) is 0 Å². The van der Waals surface area contributed by atoms with E-state index >= 15 is 0 Å². The van der Waals surface area contributed by atoms with Crippen molar-refractivity contribution in [2.45, 2.75) is 42.7 Å². The molecule has 2 fully saturated rings. The van der Waals surface area contributed by atoms with Gasteiger partial charge in [0.25, 0.3) is 10.1 Å². The van der Waals surface area contributed by atoms with Crippen LogP contribution in [0.4, 0.5) is 0 Å². The highest BCUT2D eigenvalue weighted by molar-refractivity contribution is 7.86. The van der Waals surface area contributed by atoms with Crippen molar-refractivity contribution in [2.24, 2.45) is 0 Å². The van der Waals surface area contributed by atoms with Crippen LogP contribution in [-0.2, 0) is 38.0 Å². The Hall–Kier alpha value is -2.14. The summed E-state index contributed by atoms with van der Waals surface area (Å²) in [6.45, 7) is 1.93. The molecule has 160 valence electrons. The third-order valence-corrected chi connectivity index (χ3v) is 6.29. The average Bonchev–Trinajstić information content (AvgIpc) is 2.76. The molecule has 0 spiro atoms. The van der Waals surface area contributed by atoms with Crippen LogP contribution in [0, 0.1) is 6.92 Å². The Balaban J connectivity index is 1.56. The summed E-state index contributed by atoms with van der Waals surface area (Å²) in [4.78, 5) is 13.1. The number of rotatable bonds is 5. The molecule has 0 radical (unpaired) electrons. The van der Waals surface area contributed by atoms with Gasteiger partial charge in [-0.3, -0.25) is 4.79 Å². The topological polar surface area (TPSA) is 97.4 Å². The highest BCUT2D eigenvalue weighted by atomic mass is 32.2. The minimum absolute atomic E-state index is 0.0621. The van der Waals surface area contributed by atoms with Gasteiger partial charge in [-0.25, -0.2) is 4.18 Å². The summed E-state index contributed by atoms with van der Waals surface area (Å²) < 4.78 is 53.1. The minimum atomic E-state index is -4.22. The second kappa shape index (κ2) is 8.54. The van der Waals surface area contributed by atoms with E-state index in [1.54, 1.807) is 12.1 Å². The van der Waals surface area contributed by atoms with E-state index in [0.717, 1.165) is 11.1 Å². The Morgan fingerprint density at radius 2 is 1.70 bits per heavy atom. The second-order valence-electron chi connectivity index (χ2n) is 7.10. The van der Waals surface area contributed by atoms with E-state index in [9.17, 15) is 13.2 Å². The third kappa shape index (κ3) is 4.18. The fourth-order valence-corrected chi connectivity index (χ4v) is 4.42. The lowest BCUT2D eigenvalue weighted by atomic mass is 9.99. The van der Waals surface area contributed by atoms with E-state index in [0.29, 0.717) is 0 Å². The molecule has 0 amide bonds. The summed E-state index contributed by atoms with van der Waals surface area (Å²) in [6, 6.07) is 15.3. The molecule has 2 aromatic rings. The molecule has 0 bridgehead atoms. The Morgan fingerprint density at radius 3 is 2.37 bits per heavy atom. The molecule has 2 saturated heterocycles. The fourth-order valence-electron chi connectivity index (χ4n) is 3.38. The zero-order valence-electron chi connectivity index (χ0n) is 16.5. The number of carbonyl (C=O) groups is 1. The summed E-state index contributed by atoms with van der Waals surface area (Å²) >= 11 is 0. The number of hydrogen-bond acceptors (Lipinski definition) is 8. The highest BCUT2D eigenvalue weighted by Gasteiger charge is 2.51. The predicted molar refractivity (Wildman–Crippen MR) is 104 cm³/mol. The van der Waals surface area contributed by atoms with Crippen LogP contribution in [0.2, 0.25) is 0 Å². The zero-order chi connectivity index (χ0) is 21.3. The first-order valence-electron chi connectivity index (χ1n) is 9.43. The average molecular weight is 434 g/mol. The van der Waals surface area contributed by atoms with Crippen molar-refractivity contribution in [1.29, 1.82) is 0 Å². The molecule has 0 aliphatic carbocycles. The Kier molecular flexibility index (Phi) is 6.01. The first kappa shape index (κ1) is 21.1. The number of fused-ring (bicyclic) bond motifs is 1. The number of aryl methyl sites for hydroxylation is 1. The van der Waals surface area contributed by atoms with Gasteiger partial charge in [-0.2, -0.15) is 8.42 Å². The molecule has 0 aromatic heterocycles. The molecule has 9 heteroatoms. The monoisotopic (exact) mass is 434 g/mol. The van der Waals surface area contributed by atoms with Gasteiger partial charge in [-0.15, -0.1) is 0 Å². The fraction of sp³-hybridized carbons (Fsp3) is 0.381. The summed E-state index contributed by atoms with van der Waals surface area (Å²) in [7, 11) is -2.91. The van der Waals surface area contributed by atoms with Crippen LogP contribution in [0.1, 0.15) is 17.4 Å².